The van der Waals surface area contributed by atoms with Crippen LogP contribution in [0.3, 0.4) is 0 Å². The van der Waals surface area contributed by atoms with E-state index in [9.17, 15) is 9.59 Å². The zero-order valence-electron chi connectivity index (χ0n) is 9.04. The van der Waals surface area contributed by atoms with Crippen LogP contribution >= 0.6 is 23.2 Å². The molecule has 0 saturated heterocycles. The number of benzene rings is 1. The first kappa shape index (κ1) is 13.8. The fourth-order valence-electron chi connectivity index (χ4n) is 1.33. The standard InChI is InChI=1S/C11H11Cl2NO3/c1-6(14-11(16)17)4-10(15)7-2-3-8(12)9(13)5-7/h2-3,5-6,14H,4H2,1H3,(H,16,17). The first-order valence-electron chi connectivity index (χ1n) is 4.88. The van der Waals surface area contributed by atoms with Crippen molar-refractivity contribution >= 4 is 35.1 Å². The maximum absolute atomic E-state index is 11.8. The van der Waals surface area contributed by atoms with Gasteiger partial charge in [-0.3, -0.25) is 4.79 Å². The number of halogens is 2. The normalized spacial score (nSPS) is 11.9. The Bertz CT molecular complexity index is 448. The van der Waals surface area contributed by atoms with Crippen LogP contribution < -0.4 is 5.32 Å². The summed E-state index contributed by atoms with van der Waals surface area (Å²) in [5.41, 5.74) is 0.415. The Labute approximate surface area is 109 Å². The molecule has 0 spiro atoms. The summed E-state index contributed by atoms with van der Waals surface area (Å²) in [5.74, 6) is -0.190. The Kier molecular flexibility index (Phi) is 4.78. The molecule has 0 aromatic heterocycles. The summed E-state index contributed by atoms with van der Waals surface area (Å²) < 4.78 is 0. The minimum absolute atomic E-state index is 0.0737. The highest BCUT2D eigenvalue weighted by molar-refractivity contribution is 6.42. The van der Waals surface area contributed by atoms with E-state index in [1.54, 1.807) is 13.0 Å². The van der Waals surface area contributed by atoms with Gasteiger partial charge in [0.15, 0.2) is 5.78 Å². The van der Waals surface area contributed by atoms with Crippen molar-refractivity contribution in [1.29, 1.82) is 0 Å². The maximum atomic E-state index is 11.8. The number of hydrogen-bond donors (Lipinski definition) is 2. The van der Waals surface area contributed by atoms with E-state index in [-0.39, 0.29) is 12.2 Å². The smallest absolute Gasteiger partial charge is 0.404 e. The summed E-state index contributed by atoms with van der Waals surface area (Å²) in [6.45, 7) is 1.61. The minimum Gasteiger partial charge on any atom is -0.465 e. The molecule has 6 heteroatoms. The Hall–Kier alpha value is -1.26. The summed E-state index contributed by atoms with van der Waals surface area (Å²) in [4.78, 5) is 22.1. The van der Waals surface area contributed by atoms with Crippen molar-refractivity contribution in [3.8, 4) is 0 Å². The zero-order valence-corrected chi connectivity index (χ0v) is 10.5. The van der Waals surface area contributed by atoms with Gasteiger partial charge in [0, 0.05) is 18.0 Å². The van der Waals surface area contributed by atoms with Crippen LogP contribution in [0.25, 0.3) is 0 Å². The second-order valence-corrected chi connectivity index (χ2v) is 4.42. The van der Waals surface area contributed by atoms with Gasteiger partial charge >= 0.3 is 6.09 Å². The van der Waals surface area contributed by atoms with Gasteiger partial charge in [-0.1, -0.05) is 23.2 Å². The van der Waals surface area contributed by atoms with Crippen LogP contribution in [0.2, 0.25) is 10.0 Å². The molecule has 1 atom stereocenters. The van der Waals surface area contributed by atoms with Crippen molar-refractivity contribution in [1.82, 2.24) is 5.32 Å². The zero-order chi connectivity index (χ0) is 13.0. The minimum atomic E-state index is -1.15. The maximum Gasteiger partial charge on any atom is 0.404 e. The van der Waals surface area contributed by atoms with E-state index in [0.717, 1.165) is 0 Å². The summed E-state index contributed by atoms with van der Waals surface area (Å²) in [7, 11) is 0. The molecule has 1 unspecified atom stereocenters. The fraction of sp³-hybridized carbons (Fsp3) is 0.273. The largest absolute Gasteiger partial charge is 0.465 e. The molecule has 17 heavy (non-hydrogen) atoms. The fourth-order valence-corrected chi connectivity index (χ4v) is 1.63. The van der Waals surface area contributed by atoms with Crippen LogP contribution in [0.15, 0.2) is 18.2 Å². The molecule has 1 aromatic rings. The van der Waals surface area contributed by atoms with E-state index in [0.29, 0.717) is 15.6 Å². The number of carboxylic acid groups (broad SMARTS) is 1. The van der Waals surface area contributed by atoms with Gasteiger partial charge in [-0.2, -0.15) is 0 Å². The van der Waals surface area contributed by atoms with Crippen molar-refractivity contribution in [3.63, 3.8) is 0 Å². The highest BCUT2D eigenvalue weighted by atomic mass is 35.5. The van der Waals surface area contributed by atoms with Gasteiger partial charge in [-0.05, 0) is 25.1 Å². The Morgan fingerprint density at radius 2 is 2.00 bits per heavy atom. The van der Waals surface area contributed by atoms with E-state index < -0.39 is 12.1 Å². The lowest BCUT2D eigenvalue weighted by atomic mass is 10.0. The average molecular weight is 276 g/mol. The monoisotopic (exact) mass is 275 g/mol. The van der Waals surface area contributed by atoms with Crippen LogP contribution in [0.4, 0.5) is 4.79 Å². The molecular weight excluding hydrogens is 265 g/mol. The van der Waals surface area contributed by atoms with Gasteiger partial charge in [0.05, 0.1) is 10.0 Å². The van der Waals surface area contributed by atoms with Crippen molar-refractivity contribution in [2.24, 2.45) is 0 Å². The lowest BCUT2D eigenvalue weighted by Gasteiger charge is -2.10. The highest BCUT2D eigenvalue weighted by Crippen LogP contribution is 2.23. The topological polar surface area (TPSA) is 66.4 Å². The molecule has 0 saturated carbocycles. The van der Waals surface area contributed by atoms with Crippen LogP contribution in [0.1, 0.15) is 23.7 Å². The lowest BCUT2D eigenvalue weighted by molar-refractivity contribution is 0.0971. The number of amides is 1. The molecule has 2 N–H and O–H groups in total. The quantitative estimate of drug-likeness (QED) is 0.830. The summed E-state index contributed by atoms with van der Waals surface area (Å²) in [6, 6.07) is 4.12. The van der Waals surface area contributed by atoms with Crippen molar-refractivity contribution in [2.75, 3.05) is 0 Å². The van der Waals surface area contributed by atoms with Gasteiger partial charge in [0.2, 0.25) is 0 Å². The SMILES string of the molecule is CC(CC(=O)c1ccc(Cl)c(Cl)c1)NC(=O)O. The van der Waals surface area contributed by atoms with E-state index in [1.807, 2.05) is 0 Å². The van der Waals surface area contributed by atoms with Crippen LogP contribution in [0, 0.1) is 0 Å². The first-order chi connectivity index (χ1) is 7.90. The molecule has 0 aliphatic heterocycles. The summed E-state index contributed by atoms with van der Waals surface area (Å²) in [5, 5.41) is 11.4. The van der Waals surface area contributed by atoms with Gasteiger partial charge in [-0.15, -0.1) is 0 Å². The predicted octanol–water partition coefficient (Wildman–Crippen LogP) is 3.22. The van der Waals surface area contributed by atoms with Gasteiger partial charge in [-0.25, -0.2) is 4.79 Å². The van der Waals surface area contributed by atoms with Gasteiger partial charge in [0.25, 0.3) is 0 Å². The molecule has 92 valence electrons. The molecule has 4 nitrogen and oxygen atoms in total. The van der Waals surface area contributed by atoms with Crippen LogP contribution in [-0.2, 0) is 0 Å². The van der Waals surface area contributed by atoms with Crippen LogP contribution in [0.5, 0.6) is 0 Å². The predicted molar refractivity (Wildman–Crippen MR) is 66.0 cm³/mol. The Balaban J connectivity index is 2.70. The number of hydrogen-bond acceptors (Lipinski definition) is 2. The summed E-state index contributed by atoms with van der Waals surface area (Å²) in [6.07, 6.45) is -1.08. The van der Waals surface area contributed by atoms with Crippen LogP contribution in [-0.4, -0.2) is 23.0 Å². The molecule has 1 aromatic carbocycles. The van der Waals surface area contributed by atoms with Gasteiger partial charge < -0.3 is 10.4 Å². The van der Waals surface area contributed by atoms with Crippen molar-refractivity contribution in [3.05, 3.63) is 33.8 Å². The molecule has 0 bridgehead atoms. The van der Waals surface area contributed by atoms with E-state index in [2.05, 4.69) is 5.32 Å². The van der Waals surface area contributed by atoms with E-state index in [1.165, 1.54) is 12.1 Å². The molecule has 1 amide bonds. The molecule has 0 fully saturated rings. The second-order valence-electron chi connectivity index (χ2n) is 3.61. The van der Waals surface area contributed by atoms with E-state index >= 15 is 0 Å². The number of ketones is 1. The number of carbonyl (C=O) groups excluding carboxylic acids is 1. The Morgan fingerprint density at radius 3 is 2.53 bits per heavy atom. The first-order valence-corrected chi connectivity index (χ1v) is 5.63. The molecular formula is C11H11Cl2NO3. The molecule has 0 radical (unpaired) electrons. The third-order valence-electron chi connectivity index (χ3n) is 2.10. The third kappa shape index (κ3) is 4.24. The average Bonchev–Trinajstić information content (AvgIpc) is 2.20. The lowest BCUT2D eigenvalue weighted by Crippen LogP contribution is -2.32. The Morgan fingerprint density at radius 1 is 1.35 bits per heavy atom. The number of Topliss-reactive ketones (excluding diaryl/α,β-unsaturated/α-hetero) is 1. The van der Waals surface area contributed by atoms with E-state index in [4.69, 9.17) is 28.3 Å². The number of nitrogens with one attached hydrogen (secondary N) is 1. The second kappa shape index (κ2) is 5.89. The number of carbonyl (C=O) groups is 2. The van der Waals surface area contributed by atoms with Gasteiger partial charge in [0.1, 0.15) is 0 Å². The molecule has 0 heterocycles. The third-order valence-corrected chi connectivity index (χ3v) is 2.84. The molecule has 0 aliphatic carbocycles. The van der Waals surface area contributed by atoms with Crippen molar-refractivity contribution < 1.29 is 14.7 Å². The highest BCUT2D eigenvalue weighted by Gasteiger charge is 2.13. The number of rotatable bonds is 4. The molecule has 1 rings (SSSR count). The van der Waals surface area contributed by atoms with Crippen molar-refractivity contribution in [2.45, 2.75) is 19.4 Å². The molecule has 0 aliphatic rings. The summed E-state index contributed by atoms with van der Waals surface area (Å²) >= 11 is 11.5.